The van der Waals surface area contributed by atoms with E-state index in [0.29, 0.717) is 0 Å². The van der Waals surface area contributed by atoms with E-state index in [4.69, 9.17) is 0 Å². The molecule has 0 amide bonds. The lowest BCUT2D eigenvalue weighted by molar-refractivity contribution is 0.435. The smallest absolute Gasteiger partial charge is 0.0771 e. The molecule has 0 fully saturated rings. The summed E-state index contributed by atoms with van der Waals surface area (Å²) in [5.41, 5.74) is 0. The van der Waals surface area contributed by atoms with Gasteiger partial charge in [-0.2, -0.15) is 0 Å². The van der Waals surface area contributed by atoms with Gasteiger partial charge in [0.2, 0.25) is 0 Å². The Bertz CT molecular complexity index is 181. The number of allylic oxidation sites excluding steroid dienone is 1. The summed E-state index contributed by atoms with van der Waals surface area (Å²) >= 11 is 0. The fourth-order valence-corrected chi connectivity index (χ4v) is 6.85. The Morgan fingerprint density at radius 1 is 1.00 bits per heavy atom. The average molecular weight is 258 g/mol. The minimum absolute atomic E-state index is 0.743. The molecule has 0 aliphatic heterocycles. The molecule has 0 aliphatic carbocycles. The highest BCUT2D eigenvalue weighted by atomic mass is 31.2. The first-order chi connectivity index (χ1) is 8.10. The van der Waals surface area contributed by atoms with Crippen LogP contribution in [0, 0.1) is 0 Å². The second-order valence-electron chi connectivity index (χ2n) is 5.49. The molecule has 0 aromatic carbocycles. The highest BCUT2D eigenvalue weighted by molar-refractivity contribution is 7.76. The van der Waals surface area contributed by atoms with Gasteiger partial charge in [0.15, 0.2) is 0 Å². The summed E-state index contributed by atoms with van der Waals surface area (Å²) in [5, 5.41) is 0. The molecule has 0 unspecified atom stereocenters. The van der Waals surface area contributed by atoms with Crippen molar-refractivity contribution >= 4 is 7.26 Å². The fraction of sp³-hybridized carbons (Fsp3) is 0.867. The molecule has 102 valence electrons. The van der Waals surface area contributed by atoms with Gasteiger partial charge in [0.05, 0.1) is 24.6 Å². The number of hydrogen-bond donors (Lipinski definition) is 0. The monoisotopic (exact) mass is 258 g/mol. The van der Waals surface area contributed by atoms with Crippen molar-refractivity contribution in [2.75, 3.05) is 45.3 Å². The molecule has 0 radical (unpaired) electrons. The highest BCUT2D eigenvalue weighted by Gasteiger charge is 2.34. The lowest BCUT2D eigenvalue weighted by Gasteiger charge is -2.28. The molecule has 1 nitrogen and oxygen atoms in total. The summed E-state index contributed by atoms with van der Waals surface area (Å²) in [4.78, 5) is 2.34. The molecular formula is C15H33NP+. The maximum atomic E-state index is 4.00. The highest BCUT2D eigenvalue weighted by Crippen LogP contribution is 2.59. The fourth-order valence-electron chi connectivity index (χ4n) is 2.28. The van der Waals surface area contributed by atoms with Gasteiger partial charge in [0, 0.05) is 13.8 Å². The summed E-state index contributed by atoms with van der Waals surface area (Å²) in [5.74, 6) is 0. The lowest BCUT2D eigenvalue weighted by Crippen LogP contribution is -2.22. The van der Waals surface area contributed by atoms with Gasteiger partial charge in [0.1, 0.15) is 0 Å². The molecule has 0 saturated heterocycles. The van der Waals surface area contributed by atoms with Crippen molar-refractivity contribution in [3.8, 4) is 0 Å². The zero-order valence-corrected chi connectivity index (χ0v) is 13.4. The third kappa shape index (κ3) is 7.95. The van der Waals surface area contributed by atoms with Crippen molar-refractivity contribution < 1.29 is 0 Å². The van der Waals surface area contributed by atoms with Gasteiger partial charge in [-0.25, -0.2) is 0 Å². The molecule has 2 heteroatoms. The summed E-state index contributed by atoms with van der Waals surface area (Å²) < 4.78 is 0. The third-order valence-electron chi connectivity index (χ3n) is 3.51. The molecule has 0 aliphatic rings. The van der Waals surface area contributed by atoms with E-state index in [9.17, 15) is 0 Å². The van der Waals surface area contributed by atoms with E-state index >= 15 is 0 Å². The van der Waals surface area contributed by atoms with Gasteiger partial charge in [-0.3, -0.25) is 0 Å². The largest absolute Gasteiger partial charge is 0.306 e. The zero-order valence-electron chi connectivity index (χ0n) is 12.5. The second kappa shape index (κ2) is 10.1. The van der Waals surface area contributed by atoms with Crippen molar-refractivity contribution in [2.45, 2.75) is 39.5 Å². The predicted molar refractivity (Wildman–Crippen MR) is 85.0 cm³/mol. The van der Waals surface area contributed by atoms with E-state index < -0.39 is 7.26 Å². The van der Waals surface area contributed by atoms with Crippen LogP contribution in [-0.4, -0.2) is 50.2 Å². The molecule has 0 aromatic rings. The number of unbranched alkanes of at least 4 members (excludes halogenated alkanes) is 2. The summed E-state index contributed by atoms with van der Waals surface area (Å²) in [6.45, 7) is 9.89. The van der Waals surface area contributed by atoms with Crippen molar-refractivity contribution in [3.63, 3.8) is 0 Å². The van der Waals surface area contributed by atoms with Crippen LogP contribution in [0.3, 0.4) is 0 Å². The topological polar surface area (TPSA) is 3.24 Å². The average Bonchev–Trinajstić information content (AvgIpc) is 2.31. The van der Waals surface area contributed by atoms with Crippen LogP contribution in [0.25, 0.3) is 0 Å². The molecule has 0 N–H and O–H groups in total. The van der Waals surface area contributed by atoms with Crippen LogP contribution in [0.5, 0.6) is 0 Å². The van der Waals surface area contributed by atoms with Crippen molar-refractivity contribution in [3.05, 3.63) is 12.7 Å². The van der Waals surface area contributed by atoms with Crippen molar-refractivity contribution in [1.82, 2.24) is 4.90 Å². The summed E-state index contributed by atoms with van der Waals surface area (Å²) in [6.07, 6.45) is 13.4. The predicted octanol–water partition coefficient (Wildman–Crippen LogP) is 4.35. The Kier molecular flexibility index (Phi) is 10.2. The van der Waals surface area contributed by atoms with Crippen LogP contribution >= 0.6 is 7.26 Å². The van der Waals surface area contributed by atoms with E-state index in [-0.39, 0.29) is 0 Å². The Balaban J connectivity index is 4.48. The van der Waals surface area contributed by atoms with Gasteiger partial charge in [-0.1, -0.05) is 39.3 Å². The molecule has 0 saturated carbocycles. The Morgan fingerprint density at radius 2 is 1.53 bits per heavy atom. The van der Waals surface area contributed by atoms with Crippen LogP contribution < -0.4 is 0 Å². The minimum Gasteiger partial charge on any atom is -0.306 e. The van der Waals surface area contributed by atoms with Gasteiger partial charge in [0.25, 0.3) is 0 Å². The SMILES string of the molecule is C=CC[P+](CCCC)(CCCC)CCN(C)C. The van der Waals surface area contributed by atoms with E-state index in [1.807, 2.05) is 0 Å². The second-order valence-corrected chi connectivity index (χ2v) is 9.88. The van der Waals surface area contributed by atoms with Gasteiger partial charge in [-0.15, -0.1) is 0 Å². The van der Waals surface area contributed by atoms with E-state index in [2.05, 4.69) is 45.5 Å². The molecule has 0 spiro atoms. The number of rotatable bonds is 11. The lowest BCUT2D eigenvalue weighted by atomic mass is 10.4. The van der Waals surface area contributed by atoms with Crippen LogP contribution in [0.15, 0.2) is 12.7 Å². The quantitative estimate of drug-likeness (QED) is 0.393. The third-order valence-corrected chi connectivity index (χ3v) is 8.22. The van der Waals surface area contributed by atoms with Crippen LogP contribution in [0.1, 0.15) is 39.5 Å². The standard InChI is InChI=1S/C15H33NP/c1-6-9-13-17(12-8-3,14-10-7-2)15-11-16(4)5/h8H,3,6-7,9-15H2,1-2,4-5H3/q+1. The number of nitrogens with zero attached hydrogens (tertiary/aromatic N) is 1. The van der Waals surface area contributed by atoms with E-state index in [1.54, 1.807) is 0 Å². The van der Waals surface area contributed by atoms with E-state index in [1.165, 1.54) is 56.9 Å². The summed E-state index contributed by atoms with van der Waals surface area (Å²) in [6, 6.07) is 0. The van der Waals surface area contributed by atoms with Gasteiger partial charge >= 0.3 is 0 Å². The van der Waals surface area contributed by atoms with Gasteiger partial charge in [-0.05, 0) is 26.9 Å². The maximum absolute atomic E-state index is 4.00. The molecular weight excluding hydrogens is 225 g/mol. The molecule has 0 aromatic heterocycles. The normalized spacial score (nSPS) is 12.1. The van der Waals surface area contributed by atoms with Gasteiger partial charge < -0.3 is 4.90 Å². The zero-order chi connectivity index (χ0) is 13.1. The van der Waals surface area contributed by atoms with E-state index in [0.717, 1.165) is 0 Å². The Hall–Kier alpha value is 0.130. The number of hydrogen-bond acceptors (Lipinski definition) is 1. The maximum Gasteiger partial charge on any atom is 0.0771 e. The molecule has 0 bridgehead atoms. The van der Waals surface area contributed by atoms with Crippen LogP contribution in [-0.2, 0) is 0 Å². The molecule has 0 heterocycles. The Morgan fingerprint density at radius 3 is 1.88 bits per heavy atom. The molecule has 0 rings (SSSR count). The van der Waals surface area contributed by atoms with Crippen LogP contribution in [0.4, 0.5) is 0 Å². The Labute approximate surface area is 110 Å². The summed E-state index contributed by atoms with van der Waals surface area (Å²) in [7, 11) is 3.65. The molecule has 17 heavy (non-hydrogen) atoms. The molecule has 0 atom stereocenters. The first-order valence-corrected chi connectivity index (χ1v) is 9.74. The minimum atomic E-state index is -0.743. The first-order valence-electron chi connectivity index (χ1n) is 7.21. The van der Waals surface area contributed by atoms with Crippen molar-refractivity contribution in [1.29, 1.82) is 0 Å². The van der Waals surface area contributed by atoms with Crippen LogP contribution in [0.2, 0.25) is 0 Å². The first kappa shape index (κ1) is 17.1. The van der Waals surface area contributed by atoms with Crippen molar-refractivity contribution in [2.24, 2.45) is 0 Å².